The topological polar surface area (TPSA) is 147 Å². The number of hydrogen-bond donors (Lipinski definition) is 0. The van der Waals surface area contributed by atoms with Crippen molar-refractivity contribution < 1.29 is 24.2 Å². The fraction of sp³-hybridized carbons (Fsp3) is 0.286. The Morgan fingerprint density at radius 3 is 2.27 bits per heavy atom. The highest BCUT2D eigenvalue weighted by atomic mass is 32.1. The number of amides is 1. The number of carbonyl (C=O) groups excluding carboxylic acids is 2. The van der Waals surface area contributed by atoms with Crippen molar-refractivity contribution in [1.82, 2.24) is 4.57 Å². The Morgan fingerprint density at radius 2 is 1.73 bits per heavy atom. The molecule has 1 aromatic heterocycles. The summed E-state index contributed by atoms with van der Waals surface area (Å²) < 4.78 is 7.32. The number of benzene rings is 2. The number of ether oxygens (including phenoxy) is 1. The van der Waals surface area contributed by atoms with Crippen LogP contribution in [0.25, 0.3) is 10.2 Å². The first-order valence-electron chi connectivity index (χ1n) is 9.92. The third-order valence-electron chi connectivity index (χ3n) is 4.73. The number of nitro groups is 2. The second-order valence-corrected chi connectivity index (χ2v) is 8.34. The van der Waals surface area contributed by atoms with Crippen molar-refractivity contribution in [3.63, 3.8) is 0 Å². The number of aromatic nitrogens is 1. The maximum Gasteiger partial charge on any atom is 0.326 e. The van der Waals surface area contributed by atoms with Crippen LogP contribution in [0.4, 0.5) is 11.4 Å². The SMILES string of the molecule is CCOC(=O)Cn1c(=NC(=O)c2cc([N+](=O)[O-])cc([N+](=O)[O-])c2)sc2cc(C(C)C)ccc21. The molecule has 3 rings (SSSR count). The van der Waals surface area contributed by atoms with Crippen molar-refractivity contribution in [3.05, 3.63) is 72.6 Å². The van der Waals surface area contributed by atoms with Crippen LogP contribution in [-0.2, 0) is 16.1 Å². The molecule has 0 saturated heterocycles. The highest BCUT2D eigenvalue weighted by Crippen LogP contribution is 2.25. The molecule has 0 unspecified atom stereocenters. The van der Waals surface area contributed by atoms with Crippen LogP contribution >= 0.6 is 11.3 Å². The molecule has 0 bridgehead atoms. The van der Waals surface area contributed by atoms with Crippen molar-refractivity contribution in [1.29, 1.82) is 0 Å². The highest BCUT2D eigenvalue weighted by Gasteiger charge is 2.20. The molecule has 0 aliphatic rings. The molecule has 0 aliphatic carbocycles. The van der Waals surface area contributed by atoms with Gasteiger partial charge in [-0.15, -0.1) is 0 Å². The number of thiazole rings is 1. The zero-order chi connectivity index (χ0) is 24.3. The number of rotatable bonds is 7. The van der Waals surface area contributed by atoms with Crippen LogP contribution in [0.15, 0.2) is 41.4 Å². The van der Waals surface area contributed by atoms with Gasteiger partial charge in [-0.2, -0.15) is 4.99 Å². The van der Waals surface area contributed by atoms with Crippen molar-refractivity contribution in [2.24, 2.45) is 4.99 Å². The Labute approximate surface area is 191 Å². The second-order valence-electron chi connectivity index (χ2n) is 7.33. The predicted octanol–water partition coefficient (Wildman–Crippen LogP) is 3.95. The molecule has 2 aromatic carbocycles. The molecule has 12 heteroatoms. The first-order valence-corrected chi connectivity index (χ1v) is 10.7. The summed E-state index contributed by atoms with van der Waals surface area (Å²) in [4.78, 5) is 49.8. The van der Waals surface area contributed by atoms with Crippen LogP contribution in [-0.4, -0.2) is 32.9 Å². The van der Waals surface area contributed by atoms with E-state index in [9.17, 15) is 29.8 Å². The number of nitrogens with zero attached hydrogens (tertiary/aromatic N) is 4. The van der Waals surface area contributed by atoms with Crippen LogP contribution in [0.5, 0.6) is 0 Å². The van der Waals surface area contributed by atoms with Gasteiger partial charge >= 0.3 is 5.97 Å². The molecule has 3 aromatic rings. The molecule has 0 N–H and O–H groups in total. The van der Waals surface area contributed by atoms with E-state index in [1.165, 1.54) is 4.57 Å². The molecule has 0 saturated carbocycles. The summed E-state index contributed by atoms with van der Waals surface area (Å²) in [5, 5.41) is 22.3. The van der Waals surface area contributed by atoms with Crippen molar-refractivity contribution in [2.45, 2.75) is 33.2 Å². The molecular weight excluding hydrogens is 452 g/mol. The second kappa shape index (κ2) is 9.69. The summed E-state index contributed by atoms with van der Waals surface area (Å²) in [5.41, 5.74) is 0.215. The standard InChI is InChI=1S/C21H20N4O7S/c1-4-32-19(26)11-23-17-6-5-13(12(2)3)9-18(17)33-21(23)22-20(27)14-7-15(24(28)29)10-16(8-14)25(30)31/h5-10,12H,4,11H2,1-3H3. The van der Waals surface area contributed by atoms with E-state index in [1.54, 1.807) is 6.92 Å². The summed E-state index contributed by atoms with van der Waals surface area (Å²) in [6.07, 6.45) is 0. The molecule has 0 fully saturated rings. The van der Waals surface area contributed by atoms with E-state index < -0.39 is 33.1 Å². The lowest BCUT2D eigenvalue weighted by Gasteiger charge is -2.07. The first kappa shape index (κ1) is 23.7. The molecule has 1 heterocycles. The largest absolute Gasteiger partial charge is 0.465 e. The lowest BCUT2D eigenvalue weighted by molar-refractivity contribution is -0.394. The number of hydrogen-bond acceptors (Lipinski definition) is 8. The molecule has 0 radical (unpaired) electrons. The van der Waals surface area contributed by atoms with E-state index >= 15 is 0 Å². The van der Waals surface area contributed by atoms with E-state index in [-0.39, 0.29) is 29.4 Å². The fourth-order valence-electron chi connectivity index (χ4n) is 3.10. The molecule has 0 spiro atoms. The highest BCUT2D eigenvalue weighted by molar-refractivity contribution is 7.16. The minimum atomic E-state index is -0.907. The molecular formula is C21H20N4O7S. The van der Waals surface area contributed by atoms with Gasteiger partial charge in [-0.05, 0) is 30.5 Å². The molecule has 0 atom stereocenters. The lowest BCUT2D eigenvalue weighted by atomic mass is 10.0. The van der Waals surface area contributed by atoms with Crippen LogP contribution in [0.1, 0.15) is 42.6 Å². The summed E-state index contributed by atoms with van der Waals surface area (Å²) in [7, 11) is 0. The van der Waals surface area contributed by atoms with Gasteiger partial charge in [-0.25, -0.2) is 0 Å². The van der Waals surface area contributed by atoms with E-state index in [0.717, 1.165) is 39.8 Å². The Kier molecular flexibility index (Phi) is 6.97. The van der Waals surface area contributed by atoms with Crippen LogP contribution in [0, 0.1) is 20.2 Å². The zero-order valence-corrected chi connectivity index (χ0v) is 18.8. The minimum Gasteiger partial charge on any atom is -0.465 e. The number of esters is 1. The third kappa shape index (κ3) is 5.29. The molecule has 33 heavy (non-hydrogen) atoms. The van der Waals surface area contributed by atoms with Gasteiger partial charge in [-0.1, -0.05) is 31.3 Å². The van der Waals surface area contributed by atoms with Gasteiger partial charge in [0.2, 0.25) is 0 Å². The van der Waals surface area contributed by atoms with Gasteiger partial charge < -0.3 is 9.30 Å². The van der Waals surface area contributed by atoms with Crippen molar-refractivity contribution >= 4 is 44.8 Å². The fourth-order valence-corrected chi connectivity index (χ4v) is 4.18. The van der Waals surface area contributed by atoms with Gasteiger partial charge in [-0.3, -0.25) is 29.8 Å². The van der Waals surface area contributed by atoms with Gasteiger partial charge in [0.1, 0.15) is 6.54 Å². The molecule has 172 valence electrons. The summed E-state index contributed by atoms with van der Waals surface area (Å²) in [5.74, 6) is -1.18. The monoisotopic (exact) mass is 472 g/mol. The smallest absolute Gasteiger partial charge is 0.326 e. The summed E-state index contributed by atoms with van der Waals surface area (Å²) >= 11 is 1.16. The average molecular weight is 472 g/mol. The van der Waals surface area contributed by atoms with Gasteiger partial charge in [0.05, 0.1) is 38.3 Å². The minimum absolute atomic E-state index is 0.165. The number of non-ortho nitro benzene ring substituents is 2. The number of fused-ring (bicyclic) bond motifs is 1. The quantitative estimate of drug-likeness (QED) is 0.287. The Balaban J connectivity index is 2.17. The van der Waals surface area contributed by atoms with Crippen LogP contribution < -0.4 is 4.80 Å². The molecule has 0 aliphatic heterocycles. The van der Waals surface area contributed by atoms with Crippen LogP contribution in [0.3, 0.4) is 0 Å². The molecule has 11 nitrogen and oxygen atoms in total. The maximum absolute atomic E-state index is 12.8. The van der Waals surface area contributed by atoms with Gasteiger partial charge in [0, 0.05) is 12.1 Å². The lowest BCUT2D eigenvalue weighted by Crippen LogP contribution is -2.23. The Hall–Kier alpha value is -3.93. The first-order chi connectivity index (χ1) is 15.6. The van der Waals surface area contributed by atoms with E-state index in [0.29, 0.717) is 5.52 Å². The normalized spacial score (nSPS) is 11.7. The van der Waals surface area contributed by atoms with E-state index in [2.05, 4.69) is 4.99 Å². The van der Waals surface area contributed by atoms with E-state index in [4.69, 9.17) is 4.74 Å². The Bertz CT molecular complexity index is 1310. The summed E-state index contributed by atoms with van der Waals surface area (Å²) in [6.45, 7) is 5.72. The molecule has 1 amide bonds. The van der Waals surface area contributed by atoms with Crippen molar-refractivity contribution in [2.75, 3.05) is 6.61 Å². The van der Waals surface area contributed by atoms with Gasteiger partial charge in [0.15, 0.2) is 4.80 Å². The maximum atomic E-state index is 12.8. The zero-order valence-electron chi connectivity index (χ0n) is 18.0. The van der Waals surface area contributed by atoms with Crippen molar-refractivity contribution in [3.8, 4) is 0 Å². The third-order valence-corrected chi connectivity index (χ3v) is 5.78. The average Bonchev–Trinajstić information content (AvgIpc) is 3.09. The number of carbonyl (C=O) groups is 2. The Morgan fingerprint density at radius 1 is 1.09 bits per heavy atom. The number of nitro benzene ring substituents is 2. The predicted molar refractivity (Wildman–Crippen MR) is 120 cm³/mol. The van der Waals surface area contributed by atoms with Crippen LogP contribution in [0.2, 0.25) is 0 Å². The van der Waals surface area contributed by atoms with Gasteiger partial charge in [0.25, 0.3) is 17.3 Å². The van der Waals surface area contributed by atoms with E-state index in [1.807, 2.05) is 32.0 Å². The summed E-state index contributed by atoms with van der Waals surface area (Å²) in [6, 6.07) is 8.30.